The number of allylic oxidation sites excluding steroid dienone is 1. The van der Waals surface area contributed by atoms with Crippen LogP contribution in [0.3, 0.4) is 0 Å². The maximum atomic E-state index is 12.1. The normalized spacial score (nSPS) is 44.9. The molecule has 0 saturated heterocycles. The summed E-state index contributed by atoms with van der Waals surface area (Å²) in [5.41, 5.74) is 0.877. The number of carbonyl (C=O) groups excluding carboxylic acids is 1. The molecule has 0 aromatic rings. The lowest BCUT2D eigenvalue weighted by atomic mass is 9.35. The predicted octanol–water partition coefficient (Wildman–Crippen LogP) is 7.29. The summed E-state index contributed by atoms with van der Waals surface area (Å²) < 4.78 is 5.87. The Balaban J connectivity index is 1.58. The number of carbonyl (C=O) groups is 1. The van der Waals surface area contributed by atoms with E-state index in [1.54, 1.807) is 0 Å². The van der Waals surface area contributed by atoms with Gasteiger partial charge in [-0.3, -0.25) is 4.79 Å². The van der Waals surface area contributed by atoms with Gasteiger partial charge in [0, 0.05) is 5.41 Å². The van der Waals surface area contributed by atoms with Crippen molar-refractivity contribution in [3.8, 4) is 0 Å². The molecule has 0 amide bonds. The first-order chi connectivity index (χ1) is 17.0. The lowest BCUT2D eigenvalue weighted by Gasteiger charge is -2.70. The van der Waals surface area contributed by atoms with Gasteiger partial charge in [0.05, 0.1) is 11.7 Å². The van der Waals surface area contributed by atoms with Gasteiger partial charge in [0.25, 0.3) is 0 Å². The standard InChI is InChI=1S/C32H53ClO4/c1-20(10-9-14-28(2,3)36)21-11-16-32(8)27(21)22(34)18-24-30(6)15-13-25(37-26(35)19-33)29(4,5)23(30)12-17-31(24,32)7/h21-25,27,34,36H,1,9-19H2,2-8H3/t21-,22-,23+,24-,25+,27+,30+,31-,32-/m1/s1. The number of hydrogen-bond donors (Lipinski definition) is 2. The fourth-order valence-corrected chi connectivity index (χ4v) is 10.6. The Morgan fingerprint density at radius 3 is 2.30 bits per heavy atom. The van der Waals surface area contributed by atoms with Crippen LogP contribution < -0.4 is 0 Å². The summed E-state index contributed by atoms with van der Waals surface area (Å²) in [5, 5.41) is 22.0. The third kappa shape index (κ3) is 4.73. The van der Waals surface area contributed by atoms with E-state index in [2.05, 4.69) is 41.2 Å². The van der Waals surface area contributed by atoms with Crippen molar-refractivity contribution >= 4 is 17.6 Å². The first kappa shape index (κ1) is 29.4. The van der Waals surface area contributed by atoms with Crippen LogP contribution in [-0.2, 0) is 9.53 Å². The SMILES string of the molecule is C=C(CCCC(C)(C)O)[C@H]1CC[C@]2(C)[C@@H]1[C@H](O)C[C@@H]1[C@@]3(C)CC[C@H](OC(=O)CCl)C(C)(C)[C@@H]3CC[C@]12C. The highest BCUT2D eigenvalue weighted by Gasteiger charge is 2.70. The van der Waals surface area contributed by atoms with Gasteiger partial charge in [-0.25, -0.2) is 0 Å². The van der Waals surface area contributed by atoms with E-state index in [4.69, 9.17) is 16.3 Å². The van der Waals surface area contributed by atoms with Gasteiger partial charge in [-0.05, 0) is 118 Å². The minimum Gasteiger partial charge on any atom is -0.461 e. The van der Waals surface area contributed by atoms with E-state index < -0.39 is 5.60 Å². The number of aliphatic hydroxyl groups is 2. The van der Waals surface area contributed by atoms with Crippen molar-refractivity contribution in [2.24, 2.45) is 45.3 Å². The summed E-state index contributed by atoms with van der Waals surface area (Å²) in [6.07, 6.45) is 9.57. The van der Waals surface area contributed by atoms with E-state index >= 15 is 0 Å². The molecule has 0 unspecified atom stereocenters. The van der Waals surface area contributed by atoms with Crippen LogP contribution in [0.4, 0.5) is 0 Å². The Morgan fingerprint density at radius 2 is 1.68 bits per heavy atom. The van der Waals surface area contributed by atoms with Gasteiger partial charge in [0.2, 0.25) is 0 Å². The number of rotatable bonds is 7. The third-order valence-electron chi connectivity index (χ3n) is 12.5. The number of ether oxygens (including phenoxy) is 1. The van der Waals surface area contributed by atoms with Crippen LogP contribution in [0.15, 0.2) is 12.2 Å². The lowest BCUT2D eigenvalue weighted by Crippen LogP contribution is -2.66. The number of alkyl halides is 1. The molecule has 0 aromatic heterocycles. The zero-order chi connectivity index (χ0) is 27.6. The van der Waals surface area contributed by atoms with Crippen molar-refractivity contribution in [1.29, 1.82) is 0 Å². The molecule has 0 heterocycles. The van der Waals surface area contributed by atoms with E-state index in [0.717, 1.165) is 64.2 Å². The summed E-state index contributed by atoms with van der Waals surface area (Å²) in [6, 6.07) is 0. The molecule has 0 spiro atoms. The highest BCUT2D eigenvalue weighted by Crippen LogP contribution is 2.75. The molecule has 2 N–H and O–H groups in total. The molecule has 4 saturated carbocycles. The lowest BCUT2D eigenvalue weighted by molar-refractivity contribution is -0.243. The molecule has 5 heteroatoms. The Hall–Kier alpha value is -0.580. The van der Waals surface area contributed by atoms with E-state index in [1.165, 1.54) is 5.57 Å². The van der Waals surface area contributed by atoms with Crippen molar-refractivity contribution in [3.63, 3.8) is 0 Å². The molecule has 0 aliphatic heterocycles. The van der Waals surface area contributed by atoms with Crippen LogP contribution >= 0.6 is 11.6 Å². The maximum Gasteiger partial charge on any atom is 0.321 e. The van der Waals surface area contributed by atoms with Crippen LogP contribution in [0, 0.1) is 45.3 Å². The molecule has 4 aliphatic carbocycles. The van der Waals surface area contributed by atoms with Crippen molar-refractivity contribution in [3.05, 3.63) is 12.2 Å². The highest BCUT2D eigenvalue weighted by atomic mass is 35.5. The van der Waals surface area contributed by atoms with E-state index in [9.17, 15) is 15.0 Å². The predicted molar refractivity (Wildman–Crippen MR) is 150 cm³/mol. The Labute approximate surface area is 231 Å². The topological polar surface area (TPSA) is 66.8 Å². The Kier molecular flexibility index (Phi) is 7.79. The molecular weight excluding hydrogens is 484 g/mol. The highest BCUT2D eigenvalue weighted by molar-refractivity contribution is 6.26. The van der Waals surface area contributed by atoms with Gasteiger partial charge in [-0.15, -0.1) is 11.6 Å². The number of halogens is 1. The van der Waals surface area contributed by atoms with Crippen LogP contribution in [0.5, 0.6) is 0 Å². The summed E-state index contributed by atoms with van der Waals surface area (Å²) in [4.78, 5) is 12.1. The van der Waals surface area contributed by atoms with Crippen LogP contribution in [0.25, 0.3) is 0 Å². The van der Waals surface area contributed by atoms with Crippen molar-refractivity contribution in [2.75, 3.05) is 5.88 Å². The van der Waals surface area contributed by atoms with Crippen LogP contribution in [0.2, 0.25) is 0 Å². The zero-order valence-corrected chi connectivity index (χ0v) is 25.3. The van der Waals surface area contributed by atoms with Crippen LogP contribution in [0.1, 0.15) is 113 Å². The van der Waals surface area contributed by atoms with Gasteiger partial charge in [-0.2, -0.15) is 0 Å². The zero-order valence-electron chi connectivity index (χ0n) is 24.5. The monoisotopic (exact) mass is 536 g/mol. The van der Waals surface area contributed by atoms with E-state index in [0.29, 0.717) is 17.8 Å². The molecule has 4 nitrogen and oxygen atoms in total. The minimum absolute atomic E-state index is 0.0826. The quantitative estimate of drug-likeness (QED) is 0.203. The number of hydrogen-bond acceptors (Lipinski definition) is 4. The van der Waals surface area contributed by atoms with Gasteiger partial charge in [0.1, 0.15) is 12.0 Å². The molecule has 4 fully saturated rings. The molecule has 0 aromatic carbocycles. The average Bonchev–Trinajstić information content (AvgIpc) is 3.16. The van der Waals surface area contributed by atoms with Gasteiger partial charge in [-0.1, -0.05) is 46.8 Å². The largest absolute Gasteiger partial charge is 0.461 e. The maximum absolute atomic E-state index is 12.1. The Bertz CT molecular complexity index is 892. The average molecular weight is 537 g/mol. The van der Waals surface area contributed by atoms with Gasteiger partial charge < -0.3 is 14.9 Å². The summed E-state index contributed by atoms with van der Waals surface area (Å²) in [6.45, 7) is 20.4. The molecule has 4 rings (SSSR count). The van der Waals surface area contributed by atoms with Crippen molar-refractivity contribution in [1.82, 2.24) is 0 Å². The number of esters is 1. The van der Waals surface area contributed by atoms with Gasteiger partial charge in [0.15, 0.2) is 0 Å². The minimum atomic E-state index is -0.640. The van der Waals surface area contributed by atoms with Crippen LogP contribution in [-0.4, -0.2) is 39.9 Å². The van der Waals surface area contributed by atoms with Crippen molar-refractivity contribution in [2.45, 2.75) is 130 Å². The second-order valence-electron chi connectivity index (χ2n) is 15.3. The fraction of sp³-hybridized carbons (Fsp3) is 0.906. The smallest absolute Gasteiger partial charge is 0.321 e. The number of fused-ring (bicyclic) bond motifs is 5. The molecule has 4 aliphatic rings. The first-order valence-corrected chi connectivity index (χ1v) is 15.4. The fourth-order valence-electron chi connectivity index (χ4n) is 10.5. The summed E-state index contributed by atoms with van der Waals surface area (Å²) >= 11 is 5.78. The Morgan fingerprint density at radius 1 is 1.03 bits per heavy atom. The van der Waals surface area contributed by atoms with E-state index in [-0.39, 0.29) is 51.6 Å². The van der Waals surface area contributed by atoms with Gasteiger partial charge >= 0.3 is 5.97 Å². The summed E-state index contributed by atoms with van der Waals surface area (Å²) in [7, 11) is 0. The molecule has 0 bridgehead atoms. The molecule has 0 radical (unpaired) electrons. The molecule has 37 heavy (non-hydrogen) atoms. The molecule has 212 valence electrons. The molecule has 9 atom stereocenters. The van der Waals surface area contributed by atoms with E-state index in [1.807, 2.05) is 13.8 Å². The first-order valence-electron chi connectivity index (χ1n) is 14.8. The summed E-state index contributed by atoms with van der Waals surface area (Å²) in [5.74, 6) is 1.12. The second kappa shape index (κ2) is 9.81. The van der Waals surface area contributed by atoms with Crippen molar-refractivity contribution < 1.29 is 19.7 Å². The number of aliphatic hydroxyl groups excluding tert-OH is 1. The third-order valence-corrected chi connectivity index (χ3v) is 12.7. The molecular formula is C32H53ClO4. The second-order valence-corrected chi connectivity index (χ2v) is 15.5.